The first-order valence-electron chi connectivity index (χ1n) is 4.65. The van der Waals surface area contributed by atoms with Crippen molar-refractivity contribution in [2.75, 3.05) is 25.0 Å². The Bertz CT molecular complexity index is 320. The van der Waals surface area contributed by atoms with Crippen LogP contribution in [0.1, 0.15) is 5.56 Å². The number of hydrogen-bond acceptors (Lipinski definition) is 4. The lowest BCUT2D eigenvalue weighted by Crippen LogP contribution is -1.91. The summed E-state index contributed by atoms with van der Waals surface area (Å²) in [6.07, 6.45) is 8.01. The Morgan fingerprint density at radius 1 is 0.688 bits per heavy atom. The lowest BCUT2D eigenvalue weighted by molar-refractivity contribution is 0.328. The predicted octanol–water partition coefficient (Wildman–Crippen LogP) is 5.03. The van der Waals surface area contributed by atoms with Crippen LogP contribution in [0.4, 0.5) is 0 Å². The molecule has 0 amide bonds. The van der Waals surface area contributed by atoms with Gasteiger partial charge >= 0.3 is 0 Å². The van der Waals surface area contributed by atoms with Crippen molar-refractivity contribution in [1.82, 2.24) is 0 Å². The maximum atomic E-state index is 12.3. The van der Waals surface area contributed by atoms with E-state index >= 15 is 0 Å². The summed E-state index contributed by atoms with van der Waals surface area (Å²) < 4.78 is 0. The van der Waals surface area contributed by atoms with Gasteiger partial charge in [-0.3, -0.25) is 5.11 Å². The van der Waals surface area contributed by atoms with E-state index in [-0.39, 0.29) is 5.75 Å². The minimum atomic E-state index is 0.194. The molecule has 89 valence electrons. The molecular formula is C11H15OS4. The first kappa shape index (κ1) is 14.5. The van der Waals surface area contributed by atoms with Gasteiger partial charge in [-0.05, 0) is 37.5 Å². The zero-order valence-corrected chi connectivity index (χ0v) is 13.3. The van der Waals surface area contributed by atoms with Gasteiger partial charge < -0.3 is 0 Å². The minimum Gasteiger partial charge on any atom is -0.287 e. The molecule has 0 aliphatic heterocycles. The monoisotopic (exact) mass is 291 g/mol. The van der Waals surface area contributed by atoms with Gasteiger partial charge in [-0.2, -0.15) is 0 Å². The molecular weight excluding hydrogens is 276 g/mol. The van der Waals surface area contributed by atoms with Crippen LogP contribution >= 0.6 is 47.0 Å². The van der Waals surface area contributed by atoms with Crippen molar-refractivity contribution < 1.29 is 5.11 Å². The van der Waals surface area contributed by atoms with Crippen LogP contribution in [0.25, 0.3) is 0 Å². The van der Waals surface area contributed by atoms with Crippen LogP contribution in [-0.2, 0) is 5.11 Å². The maximum absolute atomic E-state index is 12.3. The van der Waals surface area contributed by atoms with E-state index in [1.54, 1.807) is 47.0 Å². The highest BCUT2D eigenvalue weighted by atomic mass is 32.2. The highest BCUT2D eigenvalue weighted by Gasteiger charge is 2.21. The van der Waals surface area contributed by atoms with Crippen LogP contribution in [0.5, 0.6) is 5.75 Å². The van der Waals surface area contributed by atoms with Crippen molar-refractivity contribution in [2.45, 2.75) is 26.5 Å². The summed E-state index contributed by atoms with van der Waals surface area (Å²) in [4.78, 5) is 4.07. The predicted molar refractivity (Wildman–Crippen MR) is 78.4 cm³/mol. The van der Waals surface area contributed by atoms with Gasteiger partial charge in [0.25, 0.3) is 0 Å². The van der Waals surface area contributed by atoms with Gasteiger partial charge in [-0.25, -0.2) is 0 Å². The molecule has 1 rings (SSSR count). The van der Waals surface area contributed by atoms with Gasteiger partial charge in [-0.1, -0.05) is 0 Å². The average Bonchev–Trinajstić information content (AvgIpc) is 2.30. The summed E-state index contributed by atoms with van der Waals surface area (Å²) in [6, 6.07) is 0. The zero-order chi connectivity index (χ0) is 12.3. The zero-order valence-electron chi connectivity index (χ0n) is 10.0. The lowest BCUT2D eigenvalue weighted by atomic mass is 10.2. The molecule has 5 heteroatoms. The molecule has 1 radical (unpaired) electrons. The van der Waals surface area contributed by atoms with Gasteiger partial charge in [0.15, 0.2) is 0 Å². The Labute approximate surface area is 115 Å². The second kappa shape index (κ2) is 6.38. The van der Waals surface area contributed by atoms with Gasteiger partial charge in [0.05, 0.1) is 9.79 Å². The van der Waals surface area contributed by atoms with E-state index in [9.17, 15) is 5.11 Å². The quantitative estimate of drug-likeness (QED) is 0.725. The van der Waals surface area contributed by atoms with Crippen molar-refractivity contribution in [3.8, 4) is 5.75 Å². The SMILES string of the molecule is CSc1c(C)c(SC)c(SC)c([O])c1SC. The summed E-state index contributed by atoms with van der Waals surface area (Å²) in [5.41, 5.74) is 1.24. The van der Waals surface area contributed by atoms with Gasteiger partial charge in [-0.15, -0.1) is 47.0 Å². The fourth-order valence-electron chi connectivity index (χ4n) is 1.62. The molecule has 0 saturated heterocycles. The molecule has 0 aliphatic rings. The molecule has 0 fully saturated rings. The van der Waals surface area contributed by atoms with E-state index in [4.69, 9.17) is 0 Å². The van der Waals surface area contributed by atoms with Crippen LogP contribution in [0, 0.1) is 6.92 Å². The first-order chi connectivity index (χ1) is 7.62. The number of thioether (sulfide) groups is 4. The molecule has 0 aromatic heterocycles. The molecule has 0 bridgehead atoms. The molecule has 0 spiro atoms. The minimum absolute atomic E-state index is 0.194. The van der Waals surface area contributed by atoms with Crippen LogP contribution in [0.2, 0.25) is 0 Å². The molecule has 0 N–H and O–H groups in total. The summed E-state index contributed by atoms with van der Waals surface area (Å²) in [5, 5.41) is 12.3. The summed E-state index contributed by atoms with van der Waals surface area (Å²) in [7, 11) is 0. The van der Waals surface area contributed by atoms with Crippen LogP contribution in [0.15, 0.2) is 19.6 Å². The maximum Gasteiger partial charge on any atom is 0.207 e. The number of benzene rings is 1. The lowest BCUT2D eigenvalue weighted by Gasteiger charge is -2.16. The molecule has 1 nitrogen and oxygen atoms in total. The van der Waals surface area contributed by atoms with Crippen molar-refractivity contribution in [1.29, 1.82) is 0 Å². The third kappa shape index (κ3) is 2.47. The fraction of sp³-hybridized carbons (Fsp3) is 0.455. The van der Waals surface area contributed by atoms with E-state index in [1.165, 1.54) is 5.56 Å². The Kier molecular flexibility index (Phi) is 5.77. The number of rotatable bonds is 4. The second-order valence-corrected chi connectivity index (χ2v) is 6.35. The molecule has 16 heavy (non-hydrogen) atoms. The molecule has 1 aromatic rings. The van der Waals surface area contributed by atoms with E-state index in [0.717, 1.165) is 19.6 Å². The van der Waals surface area contributed by atoms with Crippen molar-refractivity contribution in [2.24, 2.45) is 0 Å². The van der Waals surface area contributed by atoms with Crippen LogP contribution in [-0.4, -0.2) is 25.0 Å². The van der Waals surface area contributed by atoms with E-state index in [1.807, 2.05) is 25.0 Å². The first-order valence-corrected chi connectivity index (χ1v) is 9.55. The van der Waals surface area contributed by atoms with E-state index < -0.39 is 0 Å². The molecule has 0 saturated carbocycles. The molecule has 0 atom stereocenters. The summed E-state index contributed by atoms with van der Waals surface area (Å²) >= 11 is 6.44. The van der Waals surface area contributed by atoms with E-state index in [2.05, 4.69) is 6.92 Å². The van der Waals surface area contributed by atoms with Crippen molar-refractivity contribution >= 4 is 47.0 Å². The average molecular weight is 292 g/mol. The standard InChI is InChI=1S/C11H15OS4/c1-6-8(13-2)10(15-4)7(12)11(16-5)9(6)14-3/h1-5H3. The third-order valence-electron chi connectivity index (χ3n) is 2.32. The summed E-state index contributed by atoms with van der Waals surface area (Å²) in [5.74, 6) is 0.194. The Morgan fingerprint density at radius 3 is 1.25 bits per heavy atom. The highest BCUT2D eigenvalue weighted by molar-refractivity contribution is 8.02. The molecule has 0 unspecified atom stereocenters. The third-order valence-corrected chi connectivity index (χ3v) is 6.01. The smallest absolute Gasteiger partial charge is 0.207 e. The Morgan fingerprint density at radius 2 is 1.00 bits per heavy atom. The topological polar surface area (TPSA) is 19.9 Å². The van der Waals surface area contributed by atoms with Crippen molar-refractivity contribution in [3.63, 3.8) is 0 Å². The van der Waals surface area contributed by atoms with Gasteiger partial charge in [0.2, 0.25) is 5.75 Å². The highest BCUT2D eigenvalue weighted by Crippen LogP contribution is 2.49. The van der Waals surface area contributed by atoms with Crippen molar-refractivity contribution in [3.05, 3.63) is 5.56 Å². The Balaban J connectivity index is 3.60. The van der Waals surface area contributed by atoms with E-state index in [0.29, 0.717) is 0 Å². The number of hydrogen-bond donors (Lipinski definition) is 0. The molecule has 1 aromatic carbocycles. The second-order valence-electron chi connectivity index (χ2n) is 3.09. The van der Waals surface area contributed by atoms with Crippen LogP contribution in [0.3, 0.4) is 0 Å². The molecule has 0 aliphatic carbocycles. The fourth-order valence-corrected chi connectivity index (χ4v) is 5.37. The van der Waals surface area contributed by atoms with Gasteiger partial charge in [0, 0.05) is 9.79 Å². The largest absolute Gasteiger partial charge is 0.287 e. The van der Waals surface area contributed by atoms with Crippen LogP contribution < -0.4 is 0 Å². The molecule has 0 heterocycles. The van der Waals surface area contributed by atoms with Gasteiger partial charge in [0.1, 0.15) is 0 Å². The summed E-state index contributed by atoms with van der Waals surface area (Å²) in [6.45, 7) is 2.11. The normalized spacial score (nSPS) is 10.8. The Hall–Kier alpha value is 0.420.